The van der Waals surface area contributed by atoms with Crippen LogP contribution in [-0.4, -0.2) is 39.7 Å². The molecule has 2 bridgehead atoms. The highest BCUT2D eigenvalue weighted by atomic mass is 19.1. The second-order valence-electron chi connectivity index (χ2n) is 8.40. The molecular formula is C24H24FN5O2. The molecule has 1 atom stereocenters. The number of amidine groups is 1. The van der Waals surface area contributed by atoms with Crippen molar-refractivity contribution in [2.24, 2.45) is 18.0 Å². The fourth-order valence-corrected chi connectivity index (χ4v) is 4.35. The lowest BCUT2D eigenvalue weighted by atomic mass is 10.1. The third-order valence-electron chi connectivity index (χ3n) is 5.95. The summed E-state index contributed by atoms with van der Waals surface area (Å²) in [5.41, 5.74) is 3.20. The first-order valence-electron chi connectivity index (χ1n) is 10.8. The second kappa shape index (κ2) is 8.18. The lowest BCUT2D eigenvalue weighted by Crippen LogP contribution is -2.32. The second-order valence-corrected chi connectivity index (χ2v) is 8.40. The molecule has 7 nitrogen and oxygen atoms in total. The number of nitrogens with zero attached hydrogens (tertiary/aromatic N) is 5. The Labute approximate surface area is 185 Å². The molecule has 1 aromatic carbocycles. The zero-order chi connectivity index (χ0) is 22.2. The summed E-state index contributed by atoms with van der Waals surface area (Å²) < 4.78 is 22.0. The molecule has 0 saturated carbocycles. The topological polar surface area (TPSA) is 72.6 Å². The van der Waals surface area contributed by atoms with E-state index in [1.54, 1.807) is 24.0 Å². The van der Waals surface area contributed by atoms with E-state index >= 15 is 0 Å². The summed E-state index contributed by atoms with van der Waals surface area (Å²) >= 11 is 0. The van der Waals surface area contributed by atoms with Gasteiger partial charge in [-0.2, -0.15) is 14.5 Å². The molecule has 4 heterocycles. The fraction of sp³-hybridized carbons (Fsp3) is 0.333. The van der Waals surface area contributed by atoms with Crippen LogP contribution in [-0.2, 0) is 13.5 Å². The molecule has 3 aromatic rings. The number of benzene rings is 1. The highest BCUT2D eigenvalue weighted by molar-refractivity contribution is 6.12. The van der Waals surface area contributed by atoms with Crippen LogP contribution in [0.4, 0.5) is 10.1 Å². The predicted octanol–water partition coefficient (Wildman–Crippen LogP) is 4.03. The van der Waals surface area contributed by atoms with Gasteiger partial charge in [0.2, 0.25) is 11.8 Å². The molecule has 0 unspecified atom stereocenters. The Hall–Kier alpha value is -3.55. The molecule has 2 aliphatic heterocycles. The van der Waals surface area contributed by atoms with Crippen molar-refractivity contribution in [2.75, 3.05) is 18.1 Å². The van der Waals surface area contributed by atoms with Crippen LogP contribution in [0.3, 0.4) is 0 Å². The van der Waals surface area contributed by atoms with Crippen molar-refractivity contribution < 1.29 is 13.9 Å². The molecule has 164 valence electrons. The van der Waals surface area contributed by atoms with Gasteiger partial charge in [0, 0.05) is 37.3 Å². The van der Waals surface area contributed by atoms with Crippen molar-refractivity contribution in [1.29, 1.82) is 0 Å². The number of ether oxygens (including phenoxy) is 1. The van der Waals surface area contributed by atoms with E-state index in [1.807, 2.05) is 12.1 Å². The Morgan fingerprint density at radius 1 is 1.22 bits per heavy atom. The average Bonchev–Trinajstić information content (AvgIpc) is 3.30. The quantitative estimate of drug-likeness (QED) is 0.501. The number of aliphatic imine (C=N–C) groups is 1. The largest absolute Gasteiger partial charge is 0.477 e. The SMILES string of the molecule is C[C@@H]1CCCOc2c(cnn2C)-c2cc(cc(F)n2)C(=O)N=C2Cc3ccccc3N2C1. The normalized spacial score (nSPS) is 18.6. The van der Waals surface area contributed by atoms with Crippen molar-refractivity contribution in [3.05, 3.63) is 59.7 Å². The van der Waals surface area contributed by atoms with Gasteiger partial charge >= 0.3 is 0 Å². The molecular weight excluding hydrogens is 409 g/mol. The number of hydrogen-bond acceptors (Lipinski definition) is 5. The van der Waals surface area contributed by atoms with E-state index in [1.165, 1.54) is 0 Å². The number of halogens is 1. The van der Waals surface area contributed by atoms with Crippen LogP contribution in [0.2, 0.25) is 0 Å². The van der Waals surface area contributed by atoms with Crippen molar-refractivity contribution in [3.8, 4) is 17.1 Å². The summed E-state index contributed by atoms with van der Waals surface area (Å²) in [6.45, 7) is 3.45. The Bertz CT molecular complexity index is 1220. The number of hydrogen-bond donors (Lipinski definition) is 0. The number of aromatic nitrogens is 3. The van der Waals surface area contributed by atoms with Gasteiger partial charge in [0.15, 0.2) is 0 Å². The number of anilines is 1. The molecule has 0 saturated heterocycles. The number of amides is 1. The van der Waals surface area contributed by atoms with E-state index < -0.39 is 11.9 Å². The van der Waals surface area contributed by atoms with Crippen molar-refractivity contribution in [2.45, 2.75) is 26.2 Å². The van der Waals surface area contributed by atoms with E-state index in [2.05, 4.69) is 39.0 Å². The maximum absolute atomic E-state index is 14.4. The summed E-state index contributed by atoms with van der Waals surface area (Å²) in [5, 5.41) is 4.24. The van der Waals surface area contributed by atoms with Gasteiger partial charge < -0.3 is 9.64 Å². The van der Waals surface area contributed by atoms with Gasteiger partial charge in [0.05, 0.1) is 24.1 Å². The first kappa shape index (κ1) is 20.4. The zero-order valence-electron chi connectivity index (χ0n) is 18.1. The number of rotatable bonds is 0. The molecule has 8 heteroatoms. The van der Waals surface area contributed by atoms with Crippen LogP contribution >= 0.6 is 0 Å². The van der Waals surface area contributed by atoms with E-state index in [0.29, 0.717) is 41.9 Å². The number of para-hydroxylation sites is 1. The minimum absolute atomic E-state index is 0.147. The highest BCUT2D eigenvalue weighted by Crippen LogP contribution is 2.32. The zero-order valence-corrected chi connectivity index (χ0v) is 18.1. The number of carbonyl (C=O) groups is 1. The van der Waals surface area contributed by atoms with Gasteiger partial charge in [-0.15, -0.1) is 0 Å². The Morgan fingerprint density at radius 3 is 2.94 bits per heavy atom. The van der Waals surface area contributed by atoms with Crippen LogP contribution in [0.5, 0.6) is 5.88 Å². The van der Waals surface area contributed by atoms with Gasteiger partial charge in [-0.05, 0) is 36.5 Å². The summed E-state index contributed by atoms with van der Waals surface area (Å²) in [6.07, 6.45) is 3.96. The summed E-state index contributed by atoms with van der Waals surface area (Å²) in [6, 6.07) is 10.8. The van der Waals surface area contributed by atoms with Crippen LogP contribution < -0.4 is 9.64 Å². The smallest absolute Gasteiger partial charge is 0.278 e. The van der Waals surface area contributed by atoms with Gasteiger partial charge in [0.1, 0.15) is 5.84 Å². The maximum Gasteiger partial charge on any atom is 0.278 e. The molecule has 0 fully saturated rings. The molecule has 5 rings (SSSR count). The summed E-state index contributed by atoms with van der Waals surface area (Å²) in [7, 11) is 1.76. The van der Waals surface area contributed by atoms with Crippen LogP contribution in [0.25, 0.3) is 11.3 Å². The minimum Gasteiger partial charge on any atom is -0.477 e. The third-order valence-corrected chi connectivity index (χ3v) is 5.95. The monoisotopic (exact) mass is 433 g/mol. The molecule has 32 heavy (non-hydrogen) atoms. The fourth-order valence-electron chi connectivity index (χ4n) is 4.35. The first-order chi connectivity index (χ1) is 15.5. The summed E-state index contributed by atoms with van der Waals surface area (Å²) in [4.78, 5) is 23.6. The standard InChI is InChI=1S/C24H24FN5O2/c1-15-6-5-9-32-24-18(13-26-29(24)2)19-10-17(11-21(25)27-19)23(31)28-22-12-16-7-3-4-8-20(16)30(22)14-15/h3-4,7-8,10-11,13,15H,5-6,9,12,14H2,1-2H3/t15-/m1/s1. The Kier molecular flexibility index (Phi) is 5.20. The number of aryl methyl sites for hydroxylation is 1. The van der Waals surface area contributed by atoms with Gasteiger partial charge in [-0.25, -0.2) is 9.67 Å². The van der Waals surface area contributed by atoms with Crippen LogP contribution in [0.15, 0.2) is 47.6 Å². The summed E-state index contributed by atoms with van der Waals surface area (Å²) in [5.74, 6) is 0.320. The van der Waals surface area contributed by atoms with Crippen molar-refractivity contribution >= 4 is 17.4 Å². The van der Waals surface area contributed by atoms with E-state index in [9.17, 15) is 9.18 Å². The lowest BCUT2D eigenvalue weighted by molar-refractivity contribution is 0.100. The third kappa shape index (κ3) is 3.77. The maximum atomic E-state index is 14.4. The van der Waals surface area contributed by atoms with Crippen molar-refractivity contribution in [1.82, 2.24) is 14.8 Å². The average molecular weight is 433 g/mol. The predicted molar refractivity (Wildman–Crippen MR) is 120 cm³/mol. The van der Waals surface area contributed by atoms with Crippen LogP contribution in [0, 0.1) is 11.9 Å². The molecule has 1 amide bonds. The molecule has 2 aromatic heterocycles. The number of fused-ring (bicyclic) bond motifs is 7. The number of carbonyl (C=O) groups excluding carboxylic acids is 1. The Balaban J connectivity index is 1.60. The van der Waals surface area contributed by atoms with Crippen LogP contribution in [0.1, 0.15) is 35.7 Å². The number of pyridine rings is 1. The van der Waals surface area contributed by atoms with E-state index in [0.717, 1.165) is 36.7 Å². The van der Waals surface area contributed by atoms with E-state index in [4.69, 9.17) is 4.74 Å². The van der Waals surface area contributed by atoms with Gasteiger partial charge in [0.25, 0.3) is 5.91 Å². The first-order valence-corrected chi connectivity index (χ1v) is 10.8. The van der Waals surface area contributed by atoms with Crippen molar-refractivity contribution in [3.63, 3.8) is 0 Å². The van der Waals surface area contributed by atoms with E-state index in [-0.39, 0.29) is 5.56 Å². The molecule has 0 aliphatic carbocycles. The lowest BCUT2D eigenvalue weighted by Gasteiger charge is -2.24. The molecule has 0 radical (unpaired) electrons. The minimum atomic E-state index is -0.745. The Morgan fingerprint density at radius 2 is 2.06 bits per heavy atom. The van der Waals surface area contributed by atoms with Gasteiger partial charge in [-0.1, -0.05) is 25.1 Å². The van der Waals surface area contributed by atoms with Gasteiger partial charge in [-0.3, -0.25) is 4.79 Å². The highest BCUT2D eigenvalue weighted by Gasteiger charge is 2.28. The molecule has 2 aliphatic rings. The molecule has 0 spiro atoms. The molecule has 0 N–H and O–H groups in total.